The van der Waals surface area contributed by atoms with Crippen LogP contribution in [-0.4, -0.2) is 39.6 Å². The highest BCUT2D eigenvalue weighted by Crippen LogP contribution is 2.23. The lowest BCUT2D eigenvalue weighted by molar-refractivity contribution is 0.0756. The molecule has 0 radical (unpaired) electrons. The van der Waals surface area contributed by atoms with E-state index in [-0.39, 0.29) is 11.8 Å². The molecule has 1 N–H and O–H groups in total. The van der Waals surface area contributed by atoms with Crippen LogP contribution in [0.25, 0.3) is 5.69 Å². The van der Waals surface area contributed by atoms with Crippen LogP contribution in [-0.2, 0) is 0 Å². The van der Waals surface area contributed by atoms with Crippen molar-refractivity contribution in [2.75, 3.05) is 18.4 Å². The van der Waals surface area contributed by atoms with Gasteiger partial charge in [0.15, 0.2) is 0 Å². The van der Waals surface area contributed by atoms with Gasteiger partial charge in [-0.25, -0.2) is 4.68 Å². The molecule has 0 aliphatic heterocycles. The van der Waals surface area contributed by atoms with Crippen molar-refractivity contribution >= 4 is 17.6 Å². The largest absolute Gasteiger partial charge is 0.339 e. The average Bonchev–Trinajstić information content (AvgIpc) is 3.17. The molecule has 3 aromatic rings. The zero-order chi connectivity index (χ0) is 20.6. The van der Waals surface area contributed by atoms with Crippen LogP contribution in [0, 0.1) is 0 Å². The molecule has 0 aliphatic rings. The van der Waals surface area contributed by atoms with Gasteiger partial charge in [0.2, 0.25) is 0 Å². The second-order valence-corrected chi connectivity index (χ2v) is 6.77. The predicted molar refractivity (Wildman–Crippen MR) is 114 cm³/mol. The lowest BCUT2D eigenvalue weighted by Gasteiger charge is -2.21. The Bertz CT molecular complexity index is 946. The van der Waals surface area contributed by atoms with Crippen molar-refractivity contribution in [1.29, 1.82) is 0 Å². The number of para-hydroxylation sites is 1. The number of amides is 2. The zero-order valence-electron chi connectivity index (χ0n) is 16.8. The number of hydrogen-bond donors (Lipinski definition) is 1. The van der Waals surface area contributed by atoms with E-state index in [1.165, 1.54) is 6.20 Å². The summed E-state index contributed by atoms with van der Waals surface area (Å²) in [5.74, 6) is -0.0265. The number of hydrogen-bond acceptors (Lipinski definition) is 3. The molecular weight excluding hydrogens is 364 g/mol. The van der Waals surface area contributed by atoms with Gasteiger partial charge in [-0.15, -0.1) is 0 Å². The molecule has 0 fully saturated rings. The van der Waals surface area contributed by atoms with E-state index in [4.69, 9.17) is 0 Å². The average molecular weight is 390 g/mol. The number of nitrogens with zero attached hydrogens (tertiary/aromatic N) is 3. The van der Waals surface area contributed by atoms with Crippen LogP contribution in [0.15, 0.2) is 66.9 Å². The summed E-state index contributed by atoms with van der Waals surface area (Å²) in [4.78, 5) is 27.9. The Morgan fingerprint density at radius 1 is 0.931 bits per heavy atom. The summed E-state index contributed by atoms with van der Waals surface area (Å²) in [6.07, 6.45) is 3.27. The van der Waals surface area contributed by atoms with Crippen molar-refractivity contribution in [2.24, 2.45) is 0 Å². The van der Waals surface area contributed by atoms with E-state index in [0.717, 1.165) is 18.5 Å². The van der Waals surface area contributed by atoms with E-state index in [1.807, 2.05) is 55.1 Å². The third-order valence-electron chi connectivity index (χ3n) is 4.54. The summed E-state index contributed by atoms with van der Waals surface area (Å²) in [5, 5.41) is 7.32. The van der Waals surface area contributed by atoms with Gasteiger partial charge < -0.3 is 10.2 Å². The Hall–Kier alpha value is -3.41. The molecule has 29 heavy (non-hydrogen) atoms. The highest BCUT2D eigenvalue weighted by molar-refractivity contribution is 6.08. The first-order valence-corrected chi connectivity index (χ1v) is 9.94. The Labute approximate surface area is 171 Å². The van der Waals surface area contributed by atoms with E-state index in [0.29, 0.717) is 30.0 Å². The second kappa shape index (κ2) is 9.68. The van der Waals surface area contributed by atoms with Crippen LogP contribution in [0.1, 0.15) is 47.4 Å². The maximum absolute atomic E-state index is 13.2. The first kappa shape index (κ1) is 20.3. The van der Waals surface area contributed by atoms with Crippen molar-refractivity contribution in [3.05, 3.63) is 78.0 Å². The first-order valence-electron chi connectivity index (χ1n) is 9.94. The number of carbonyl (C=O) groups is 2. The van der Waals surface area contributed by atoms with Gasteiger partial charge in [-0.3, -0.25) is 9.59 Å². The first-order chi connectivity index (χ1) is 14.2. The molecule has 3 rings (SSSR count). The number of rotatable bonds is 8. The standard InChI is InChI=1S/C23H26N4O2/c1-3-15-26(16-4-2)23(29)20-17-24-27(19-13-9-6-10-14-19)21(20)25-22(28)18-11-7-5-8-12-18/h5-14,17H,3-4,15-16H2,1-2H3,(H,25,28). The van der Waals surface area contributed by atoms with E-state index >= 15 is 0 Å². The Kier molecular flexibility index (Phi) is 6.79. The van der Waals surface area contributed by atoms with Gasteiger partial charge in [0.05, 0.1) is 11.9 Å². The summed E-state index contributed by atoms with van der Waals surface area (Å²) in [7, 11) is 0. The Morgan fingerprint density at radius 2 is 1.52 bits per heavy atom. The van der Waals surface area contributed by atoms with Crippen molar-refractivity contribution in [2.45, 2.75) is 26.7 Å². The Balaban J connectivity index is 2.01. The Morgan fingerprint density at radius 3 is 2.10 bits per heavy atom. The number of carbonyl (C=O) groups excluding carboxylic acids is 2. The van der Waals surface area contributed by atoms with Crippen molar-refractivity contribution < 1.29 is 9.59 Å². The molecule has 1 heterocycles. The van der Waals surface area contributed by atoms with Crippen LogP contribution in [0.3, 0.4) is 0 Å². The maximum atomic E-state index is 13.2. The summed E-state index contributed by atoms with van der Waals surface area (Å²) in [6.45, 7) is 5.41. The van der Waals surface area contributed by atoms with Gasteiger partial charge in [0.1, 0.15) is 11.4 Å². The fourth-order valence-corrected chi connectivity index (χ4v) is 3.18. The minimum absolute atomic E-state index is 0.126. The van der Waals surface area contributed by atoms with Gasteiger partial charge in [0.25, 0.3) is 11.8 Å². The van der Waals surface area contributed by atoms with Gasteiger partial charge in [-0.05, 0) is 37.1 Å². The molecule has 6 heteroatoms. The topological polar surface area (TPSA) is 67.2 Å². The van der Waals surface area contributed by atoms with Crippen LogP contribution in [0.2, 0.25) is 0 Å². The van der Waals surface area contributed by atoms with Crippen LogP contribution < -0.4 is 5.32 Å². The molecule has 0 saturated heterocycles. The third kappa shape index (κ3) is 4.71. The van der Waals surface area contributed by atoms with Crippen LogP contribution in [0.5, 0.6) is 0 Å². The number of nitrogens with one attached hydrogen (secondary N) is 1. The van der Waals surface area contributed by atoms with Crippen molar-refractivity contribution in [1.82, 2.24) is 14.7 Å². The lowest BCUT2D eigenvalue weighted by Crippen LogP contribution is -2.33. The highest BCUT2D eigenvalue weighted by atomic mass is 16.2. The molecule has 150 valence electrons. The molecule has 0 atom stereocenters. The molecule has 1 aromatic heterocycles. The van der Waals surface area contributed by atoms with E-state index in [9.17, 15) is 9.59 Å². The van der Waals surface area contributed by atoms with Gasteiger partial charge >= 0.3 is 0 Å². The summed E-state index contributed by atoms with van der Waals surface area (Å²) < 4.78 is 1.60. The molecule has 2 amide bonds. The molecular formula is C23H26N4O2. The van der Waals surface area contributed by atoms with E-state index in [1.54, 1.807) is 28.9 Å². The molecule has 0 unspecified atom stereocenters. The summed E-state index contributed by atoms with van der Waals surface area (Å²) in [6, 6.07) is 18.4. The second-order valence-electron chi connectivity index (χ2n) is 6.77. The molecule has 0 aliphatic carbocycles. The fourth-order valence-electron chi connectivity index (χ4n) is 3.18. The number of benzene rings is 2. The van der Waals surface area contributed by atoms with Gasteiger partial charge in [-0.2, -0.15) is 5.10 Å². The zero-order valence-corrected chi connectivity index (χ0v) is 16.8. The normalized spacial score (nSPS) is 10.6. The monoisotopic (exact) mass is 390 g/mol. The number of aromatic nitrogens is 2. The molecule has 0 saturated carbocycles. The van der Waals surface area contributed by atoms with Gasteiger partial charge in [0, 0.05) is 18.7 Å². The minimum atomic E-state index is -0.283. The third-order valence-corrected chi connectivity index (χ3v) is 4.54. The smallest absolute Gasteiger partial charge is 0.259 e. The molecule has 0 bridgehead atoms. The van der Waals surface area contributed by atoms with E-state index in [2.05, 4.69) is 10.4 Å². The van der Waals surface area contributed by atoms with Crippen molar-refractivity contribution in [3.8, 4) is 5.69 Å². The van der Waals surface area contributed by atoms with Crippen LogP contribution in [0.4, 0.5) is 5.82 Å². The summed E-state index contributed by atoms with van der Waals surface area (Å²) in [5.41, 5.74) is 1.68. The maximum Gasteiger partial charge on any atom is 0.259 e. The molecule has 2 aromatic carbocycles. The molecule has 6 nitrogen and oxygen atoms in total. The number of anilines is 1. The van der Waals surface area contributed by atoms with Crippen molar-refractivity contribution in [3.63, 3.8) is 0 Å². The van der Waals surface area contributed by atoms with E-state index < -0.39 is 0 Å². The predicted octanol–water partition coefficient (Wildman–Crippen LogP) is 4.39. The summed E-state index contributed by atoms with van der Waals surface area (Å²) >= 11 is 0. The SMILES string of the molecule is CCCN(CCC)C(=O)c1cnn(-c2ccccc2)c1NC(=O)c1ccccc1. The van der Waals surface area contributed by atoms with Crippen LogP contribution >= 0.6 is 0 Å². The quantitative estimate of drug-likeness (QED) is 0.620. The highest BCUT2D eigenvalue weighted by Gasteiger charge is 2.24. The van der Waals surface area contributed by atoms with Gasteiger partial charge in [-0.1, -0.05) is 50.2 Å². The minimum Gasteiger partial charge on any atom is -0.339 e. The molecule has 0 spiro atoms. The fraction of sp³-hybridized carbons (Fsp3) is 0.261. The lowest BCUT2D eigenvalue weighted by atomic mass is 10.2.